The Kier molecular flexibility index (Phi) is 6.49. The van der Waals surface area contributed by atoms with E-state index in [-0.39, 0.29) is 29.7 Å². The van der Waals surface area contributed by atoms with Crippen LogP contribution in [0.3, 0.4) is 0 Å². The largest absolute Gasteiger partial charge is 0.384 e. The number of rotatable bonds is 7. The molecule has 172 valence electrons. The van der Waals surface area contributed by atoms with Crippen LogP contribution in [0.1, 0.15) is 30.0 Å². The molecule has 0 unspecified atom stereocenters. The lowest BCUT2D eigenvalue weighted by Crippen LogP contribution is -2.51. The molecule has 1 heterocycles. The maximum absolute atomic E-state index is 13.0. The van der Waals surface area contributed by atoms with Crippen molar-refractivity contribution in [2.24, 2.45) is 5.73 Å². The van der Waals surface area contributed by atoms with Crippen molar-refractivity contribution in [1.29, 1.82) is 5.41 Å². The Balaban J connectivity index is 1.46. The summed E-state index contributed by atoms with van der Waals surface area (Å²) in [6.07, 6.45) is 1.90. The quantitative estimate of drug-likeness (QED) is 0.414. The molecule has 1 fully saturated rings. The molecule has 1 aliphatic heterocycles. The third-order valence-electron chi connectivity index (χ3n) is 5.97. The van der Waals surface area contributed by atoms with Gasteiger partial charge >= 0.3 is 0 Å². The zero-order chi connectivity index (χ0) is 23.6. The van der Waals surface area contributed by atoms with E-state index in [1.807, 2.05) is 48.5 Å². The van der Waals surface area contributed by atoms with Crippen molar-refractivity contribution < 1.29 is 13.2 Å². The number of nitrogen functional groups attached to an aromatic ring is 1. The van der Waals surface area contributed by atoms with Gasteiger partial charge in [-0.1, -0.05) is 49.7 Å². The number of amidine groups is 1. The van der Waals surface area contributed by atoms with Gasteiger partial charge in [0, 0.05) is 25.2 Å². The highest BCUT2D eigenvalue weighted by atomic mass is 32.2. The molecule has 0 atom stereocenters. The van der Waals surface area contributed by atoms with Crippen molar-refractivity contribution in [3.63, 3.8) is 0 Å². The highest BCUT2D eigenvalue weighted by Gasteiger charge is 2.32. The van der Waals surface area contributed by atoms with Crippen LogP contribution in [0, 0.1) is 5.41 Å². The monoisotopic (exact) mass is 464 g/mol. The number of nitrogens with zero attached hydrogens (tertiary/aromatic N) is 2. The van der Waals surface area contributed by atoms with Gasteiger partial charge in [-0.05, 0) is 52.6 Å². The van der Waals surface area contributed by atoms with E-state index >= 15 is 0 Å². The molecule has 0 aliphatic carbocycles. The van der Waals surface area contributed by atoms with Gasteiger partial charge in [0.1, 0.15) is 5.84 Å². The van der Waals surface area contributed by atoms with Gasteiger partial charge < -0.3 is 10.6 Å². The van der Waals surface area contributed by atoms with Gasteiger partial charge in [0.15, 0.2) is 0 Å². The Labute approximate surface area is 194 Å². The first-order valence-corrected chi connectivity index (χ1v) is 12.5. The van der Waals surface area contributed by atoms with Crippen LogP contribution in [0.5, 0.6) is 0 Å². The van der Waals surface area contributed by atoms with Gasteiger partial charge in [-0.3, -0.25) is 10.2 Å². The minimum absolute atomic E-state index is 0.00909. The number of amides is 1. The lowest BCUT2D eigenvalue weighted by Gasteiger charge is -2.33. The predicted molar refractivity (Wildman–Crippen MR) is 130 cm³/mol. The molecule has 0 spiro atoms. The number of benzene rings is 3. The first-order valence-electron chi connectivity index (χ1n) is 11.0. The van der Waals surface area contributed by atoms with E-state index in [9.17, 15) is 13.2 Å². The molecule has 3 aromatic rings. The second-order valence-corrected chi connectivity index (χ2v) is 10.3. The van der Waals surface area contributed by atoms with E-state index < -0.39 is 10.0 Å². The fourth-order valence-corrected chi connectivity index (χ4v) is 5.49. The Bertz CT molecular complexity index is 1300. The number of hydrogen-bond acceptors (Lipinski definition) is 4. The molecule has 7 nitrogen and oxygen atoms in total. The molecule has 0 aromatic heterocycles. The van der Waals surface area contributed by atoms with Crippen LogP contribution in [-0.4, -0.2) is 49.0 Å². The van der Waals surface area contributed by atoms with Crippen LogP contribution in [0.25, 0.3) is 10.8 Å². The zero-order valence-corrected chi connectivity index (χ0v) is 19.4. The summed E-state index contributed by atoms with van der Waals surface area (Å²) in [5, 5.41) is 9.60. The summed E-state index contributed by atoms with van der Waals surface area (Å²) in [5.41, 5.74) is 8.29. The molecule has 3 aromatic carbocycles. The first-order chi connectivity index (χ1) is 15.8. The molecule has 1 saturated heterocycles. The molecule has 1 aliphatic rings. The van der Waals surface area contributed by atoms with Crippen LogP contribution in [-0.2, 0) is 27.8 Å². The molecule has 0 radical (unpaired) electrons. The number of sulfonamides is 1. The highest BCUT2D eigenvalue weighted by Crippen LogP contribution is 2.22. The average molecular weight is 465 g/mol. The maximum atomic E-state index is 13.0. The number of piperazine rings is 1. The van der Waals surface area contributed by atoms with E-state index in [0.717, 1.165) is 34.7 Å². The summed E-state index contributed by atoms with van der Waals surface area (Å²) in [6, 6.07) is 18.4. The SMILES string of the molecule is CCCc1ccc(S(=O)(=O)N2CCN(Cc3ccc4ccc(C(=N)N)cc4c3)C(=O)C2)cc1. The van der Waals surface area contributed by atoms with Crippen molar-refractivity contribution in [2.45, 2.75) is 31.2 Å². The summed E-state index contributed by atoms with van der Waals surface area (Å²) in [6.45, 7) is 2.90. The van der Waals surface area contributed by atoms with Crippen molar-refractivity contribution in [1.82, 2.24) is 9.21 Å². The van der Waals surface area contributed by atoms with Gasteiger partial charge in [0.25, 0.3) is 0 Å². The van der Waals surface area contributed by atoms with Crippen LogP contribution in [0.15, 0.2) is 65.6 Å². The van der Waals surface area contributed by atoms with E-state index in [1.165, 1.54) is 4.31 Å². The normalized spacial score (nSPS) is 15.2. The summed E-state index contributed by atoms with van der Waals surface area (Å²) in [7, 11) is -3.71. The third-order valence-corrected chi connectivity index (χ3v) is 7.83. The van der Waals surface area contributed by atoms with Gasteiger partial charge in [-0.15, -0.1) is 0 Å². The number of fused-ring (bicyclic) bond motifs is 1. The van der Waals surface area contributed by atoms with Gasteiger partial charge in [-0.2, -0.15) is 4.31 Å². The number of aryl methyl sites for hydroxylation is 1. The number of hydrogen-bond donors (Lipinski definition) is 2. The fourth-order valence-electron chi connectivity index (χ4n) is 4.11. The zero-order valence-electron chi connectivity index (χ0n) is 18.6. The van der Waals surface area contributed by atoms with Crippen molar-refractivity contribution in [2.75, 3.05) is 19.6 Å². The molecule has 0 saturated carbocycles. The smallest absolute Gasteiger partial charge is 0.243 e. The first kappa shape index (κ1) is 22.9. The number of carbonyl (C=O) groups is 1. The second kappa shape index (κ2) is 9.33. The summed E-state index contributed by atoms with van der Waals surface area (Å²) >= 11 is 0. The minimum Gasteiger partial charge on any atom is -0.384 e. The van der Waals surface area contributed by atoms with E-state index in [1.54, 1.807) is 17.0 Å². The number of carbonyl (C=O) groups excluding carboxylic acids is 1. The van der Waals surface area contributed by atoms with Crippen LogP contribution in [0.2, 0.25) is 0 Å². The van der Waals surface area contributed by atoms with E-state index in [4.69, 9.17) is 11.1 Å². The Morgan fingerprint density at radius 3 is 2.33 bits per heavy atom. The molecule has 0 bridgehead atoms. The molecule has 8 heteroatoms. The minimum atomic E-state index is -3.71. The van der Waals surface area contributed by atoms with Crippen LogP contribution >= 0.6 is 0 Å². The second-order valence-electron chi connectivity index (χ2n) is 8.36. The number of nitrogens with two attached hydrogens (primary N) is 1. The predicted octanol–water partition coefficient (Wildman–Crippen LogP) is 3.11. The van der Waals surface area contributed by atoms with Crippen molar-refractivity contribution >= 4 is 32.5 Å². The summed E-state index contributed by atoms with van der Waals surface area (Å²) < 4.78 is 27.3. The Hall–Kier alpha value is -3.23. The molecule has 4 rings (SSSR count). The van der Waals surface area contributed by atoms with E-state index in [2.05, 4.69) is 6.92 Å². The molecule has 1 amide bonds. The van der Waals surface area contributed by atoms with Crippen LogP contribution < -0.4 is 5.73 Å². The molecular weight excluding hydrogens is 436 g/mol. The topological polar surface area (TPSA) is 108 Å². The standard InChI is InChI=1S/C25H28N4O3S/c1-2-3-18-5-10-23(11-6-18)33(31,32)29-13-12-28(24(30)17-29)16-19-4-7-20-8-9-21(25(26)27)15-22(20)14-19/h4-11,14-15H,2-3,12-13,16-17H2,1H3,(H3,26,27). The third kappa shape index (κ3) is 4.91. The highest BCUT2D eigenvalue weighted by molar-refractivity contribution is 7.89. The Morgan fingerprint density at radius 2 is 1.67 bits per heavy atom. The van der Waals surface area contributed by atoms with E-state index in [0.29, 0.717) is 18.7 Å². The van der Waals surface area contributed by atoms with Crippen molar-refractivity contribution in [3.05, 3.63) is 77.4 Å². The molecular formula is C25H28N4O3S. The van der Waals surface area contributed by atoms with Gasteiger partial charge in [-0.25, -0.2) is 8.42 Å². The van der Waals surface area contributed by atoms with Gasteiger partial charge in [0.05, 0.1) is 11.4 Å². The Morgan fingerprint density at radius 1 is 0.970 bits per heavy atom. The van der Waals surface area contributed by atoms with Crippen molar-refractivity contribution in [3.8, 4) is 0 Å². The average Bonchev–Trinajstić information content (AvgIpc) is 2.80. The fraction of sp³-hybridized carbons (Fsp3) is 0.280. The lowest BCUT2D eigenvalue weighted by molar-refractivity contribution is -0.134. The summed E-state index contributed by atoms with van der Waals surface area (Å²) in [5.74, 6) is -0.208. The molecule has 33 heavy (non-hydrogen) atoms. The summed E-state index contributed by atoms with van der Waals surface area (Å²) in [4.78, 5) is 14.7. The van der Waals surface area contributed by atoms with Gasteiger partial charge in [0.2, 0.25) is 15.9 Å². The number of nitrogens with one attached hydrogen (secondary N) is 1. The molecule has 3 N–H and O–H groups in total. The van der Waals surface area contributed by atoms with Crippen LogP contribution in [0.4, 0.5) is 0 Å². The lowest BCUT2D eigenvalue weighted by atomic mass is 10.0. The maximum Gasteiger partial charge on any atom is 0.243 e.